The van der Waals surface area contributed by atoms with E-state index in [0.717, 1.165) is 12.8 Å². The van der Waals surface area contributed by atoms with Gasteiger partial charge in [0, 0.05) is 11.3 Å². The van der Waals surface area contributed by atoms with Gasteiger partial charge in [0.1, 0.15) is 5.54 Å². The SMILES string of the molecule is COC(=O)C1(NC(=O)c2ccc(NC(=O)c3ccco3)cc2)CCC(C)CC1. The smallest absolute Gasteiger partial charge is 0.331 e. The fourth-order valence-corrected chi connectivity index (χ4v) is 3.43. The summed E-state index contributed by atoms with van der Waals surface area (Å²) in [4.78, 5) is 37.1. The quantitative estimate of drug-likeness (QED) is 0.770. The number of hydrogen-bond acceptors (Lipinski definition) is 5. The summed E-state index contributed by atoms with van der Waals surface area (Å²) in [7, 11) is 1.34. The van der Waals surface area contributed by atoms with Crippen LogP contribution in [0.5, 0.6) is 0 Å². The van der Waals surface area contributed by atoms with Crippen molar-refractivity contribution in [1.82, 2.24) is 5.32 Å². The van der Waals surface area contributed by atoms with Crippen LogP contribution in [-0.2, 0) is 9.53 Å². The van der Waals surface area contributed by atoms with Crippen molar-refractivity contribution in [3.05, 3.63) is 54.0 Å². The number of benzene rings is 1. The molecule has 1 saturated carbocycles. The van der Waals surface area contributed by atoms with E-state index >= 15 is 0 Å². The molecule has 0 spiro atoms. The first kappa shape index (κ1) is 19.7. The molecule has 7 nitrogen and oxygen atoms in total. The van der Waals surface area contributed by atoms with Crippen molar-refractivity contribution in [3.8, 4) is 0 Å². The number of furan rings is 1. The van der Waals surface area contributed by atoms with Crippen molar-refractivity contribution >= 4 is 23.5 Å². The van der Waals surface area contributed by atoms with E-state index in [1.807, 2.05) is 0 Å². The second-order valence-electron chi connectivity index (χ2n) is 7.22. The van der Waals surface area contributed by atoms with E-state index < -0.39 is 11.5 Å². The van der Waals surface area contributed by atoms with Crippen LogP contribution in [-0.4, -0.2) is 30.4 Å². The number of amides is 2. The molecule has 1 aliphatic rings. The normalized spacial score (nSPS) is 21.6. The van der Waals surface area contributed by atoms with Crippen molar-refractivity contribution in [2.45, 2.75) is 38.1 Å². The van der Waals surface area contributed by atoms with Crippen LogP contribution in [0.1, 0.15) is 53.5 Å². The third-order valence-electron chi connectivity index (χ3n) is 5.21. The third kappa shape index (κ3) is 4.24. The predicted molar refractivity (Wildman–Crippen MR) is 103 cm³/mol. The number of carbonyl (C=O) groups excluding carboxylic acids is 3. The molecule has 1 aliphatic carbocycles. The van der Waals surface area contributed by atoms with Crippen LogP contribution in [0.4, 0.5) is 5.69 Å². The van der Waals surface area contributed by atoms with Crippen molar-refractivity contribution in [2.75, 3.05) is 12.4 Å². The van der Waals surface area contributed by atoms with Gasteiger partial charge in [0.2, 0.25) is 0 Å². The molecule has 2 N–H and O–H groups in total. The standard InChI is InChI=1S/C21H24N2O5/c1-14-9-11-21(12-10-14,20(26)27-2)23-18(24)15-5-7-16(8-6-15)22-19(25)17-4-3-13-28-17/h3-8,13-14H,9-12H2,1-2H3,(H,22,25)(H,23,24). The Balaban J connectivity index is 1.68. The average molecular weight is 384 g/mol. The summed E-state index contributed by atoms with van der Waals surface area (Å²) in [5.41, 5.74) is -0.0464. The van der Waals surface area contributed by atoms with Crippen LogP contribution >= 0.6 is 0 Å². The van der Waals surface area contributed by atoms with E-state index in [2.05, 4.69) is 17.6 Å². The van der Waals surface area contributed by atoms with Crippen molar-refractivity contribution in [1.29, 1.82) is 0 Å². The lowest BCUT2D eigenvalue weighted by molar-refractivity contribution is -0.150. The van der Waals surface area contributed by atoms with Crippen LogP contribution < -0.4 is 10.6 Å². The molecule has 7 heteroatoms. The summed E-state index contributed by atoms with van der Waals surface area (Å²) >= 11 is 0. The molecule has 1 aromatic carbocycles. The Morgan fingerprint density at radius 2 is 1.75 bits per heavy atom. The van der Waals surface area contributed by atoms with Crippen LogP contribution in [0.15, 0.2) is 47.1 Å². The van der Waals surface area contributed by atoms with Gasteiger partial charge in [0.05, 0.1) is 13.4 Å². The number of hydrogen-bond donors (Lipinski definition) is 2. The zero-order valence-electron chi connectivity index (χ0n) is 16.0. The first-order chi connectivity index (χ1) is 13.4. The van der Waals surface area contributed by atoms with Crippen LogP contribution in [0.25, 0.3) is 0 Å². The van der Waals surface area contributed by atoms with Crippen molar-refractivity contribution < 1.29 is 23.5 Å². The number of esters is 1. The summed E-state index contributed by atoms with van der Waals surface area (Å²) in [6, 6.07) is 9.65. The molecular weight excluding hydrogens is 360 g/mol. The summed E-state index contributed by atoms with van der Waals surface area (Å²) in [6.07, 6.45) is 4.25. The highest BCUT2D eigenvalue weighted by Crippen LogP contribution is 2.33. The fourth-order valence-electron chi connectivity index (χ4n) is 3.43. The van der Waals surface area contributed by atoms with Crippen LogP contribution in [0, 0.1) is 5.92 Å². The highest BCUT2D eigenvalue weighted by molar-refractivity contribution is 6.03. The van der Waals surface area contributed by atoms with E-state index in [1.54, 1.807) is 36.4 Å². The minimum absolute atomic E-state index is 0.202. The minimum atomic E-state index is -0.982. The Hall–Kier alpha value is -3.09. The lowest BCUT2D eigenvalue weighted by atomic mass is 9.77. The largest absolute Gasteiger partial charge is 0.467 e. The van der Waals surface area contributed by atoms with Crippen LogP contribution in [0.2, 0.25) is 0 Å². The van der Waals surface area contributed by atoms with Gasteiger partial charge in [-0.15, -0.1) is 0 Å². The molecule has 0 unspecified atom stereocenters. The van der Waals surface area contributed by atoms with Gasteiger partial charge in [0.15, 0.2) is 5.76 Å². The molecular formula is C21H24N2O5. The number of nitrogens with one attached hydrogen (secondary N) is 2. The number of ether oxygens (including phenoxy) is 1. The summed E-state index contributed by atoms with van der Waals surface area (Å²) in [6.45, 7) is 2.14. The van der Waals surface area contributed by atoms with Gasteiger partial charge in [-0.3, -0.25) is 9.59 Å². The molecule has 0 bridgehead atoms. The number of anilines is 1. The number of methoxy groups -OCH3 is 1. The first-order valence-corrected chi connectivity index (χ1v) is 9.29. The molecule has 2 aromatic rings. The maximum absolute atomic E-state index is 12.7. The molecule has 28 heavy (non-hydrogen) atoms. The second-order valence-corrected chi connectivity index (χ2v) is 7.22. The molecule has 0 aliphatic heterocycles. The molecule has 1 aromatic heterocycles. The Morgan fingerprint density at radius 1 is 1.07 bits per heavy atom. The first-order valence-electron chi connectivity index (χ1n) is 9.29. The highest BCUT2D eigenvalue weighted by Gasteiger charge is 2.43. The molecule has 0 atom stereocenters. The monoisotopic (exact) mass is 384 g/mol. The number of carbonyl (C=O) groups is 3. The van der Waals surface area contributed by atoms with Gasteiger partial charge in [0.25, 0.3) is 11.8 Å². The zero-order chi connectivity index (χ0) is 20.1. The molecule has 1 fully saturated rings. The van der Waals surface area contributed by atoms with Gasteiger partial charge >= 0.3 is 5.97 Å². The Labute approximate surface area is 163 Å². The minimum Gasteiger partial charge on any atom is -0.467 e. The molecule has 0 radical (unpaired) electrons. The average Bonchev–Trinajstić information content (AvgIpc) is 3.25. The van der Waals surface area contributed by atoms with Gasteiger partial charge in [-0.25, -0.2) is 4.79 Å². The maximum atomic E-state index is 12.7. The molecule has 2 amide bonds. The Morgan fingerprint density at radius 3 is 2.32 bits per heavy atom. The maximum Gasteiger partial charge on any atom is 0.331 e. The summed E-state index contributed by atoms with van der Waals surface area (Å²) in [5, 5.41) is 5.58. The van der Waals surface area contributed by atoms with E-state index in [4.69, 9.17) is 9.15 Å². The van der Waals surface area contributed by atoms with Gasteiger partial charge in [-0.2, -0.15) is 0 Å². The van der Waals surface area contributed by atoms with E-state index in [1.165, 1.54) is 13.4 Å². The van der Waals surface area contributed by atoms with E-state index in [-0.39, 0.29) is 17.6 Å². The van der Waals surface area contributed by atoms with Crippen LogP contribution in [0.3, 0.4) is 0 Å². The molecule has 0 saturated heterocycles. The predicted octanol–water partition coefficient (Wildman–Crippen LogP) is 3.38. The fraction of sp³-hybridized carbons (Fsp3) is 0.381. The zero-order valence-corrected chi connectivity index (χ0v) is 16.0. The topological polar surface area (TPSA) is 97.6 Å². The summed E-state index contributed by atoms with van der Waals surface area (Å²) < 4.78 is 10.00. The summed E-state index contributed by atoms with van der Waals surface area (Å²) in [5.74, 6) is -0.401. The van der Waals surface area contributed by atoms with Gasteiger partial charge < -0.3 is 19.8 Å². The van der Waals surface area contributed by atoms with Gasteiger partial charge in [-0.05, 0) is 68.0 Å². The number of rotatable bonds is 5. The Bertz CT molecular complexity index is 834. The lowest BCUT2D eigenvalue weighted by Gasteiger charge is -2.37. The molecule has 148 valence electrons. The van der Waals surface area contributed by atoms with E-state index in [0.29, 0.717) is 30.0 Å². The Kier molecular flexibility index (Phi) is 5.82. The lowest BCUT2D eigenvalue weighted by Crippen LogP contribution is -2.56. The molecule has 1 heterocycles. The molecule has 3 rings (SSSR count). The highest BCUT2D eigenvalue weighted by atomic mass is 16.5. The third-order valence-corrected chi connectivity index (χ3v) is 5.21. The second kappa shape index (κ2) is 8.29. The van der Waals surface area contributed by atoms with Crippen molar-refractivity contribution in [3.63, 3.8) is 0 Å². The van der Waals surface area contributed by atoms with E-state index in [9.17, 15) is 14.4 Å². The van der Waals surface area contributed by atoms with Gasteiger partial charge in [-0.1, -0.05) is 6.92 Å². The van der Waals surface area contributed by atoms with Crippen molar-refractivity contribution in [2.24, 2.45) is 5.92 Å².